The first kappa shape index (κ1) is 28.4. The van der Waals surface area contributed by atoms with Crippen LogP contribution in [-0.4, -0.2) is 59.3 Å². The largest absolute Gasteiger partial charge is 0.491 e. The maximum absolute atomic E-state index is 13.4. The quantitative estimate of drug-likeness (QED) is 0.397. The van der Waals surface area contributed by atoms with Gasteiger partial charge in [-0.15, -0.1) is 0 Å². The van der Waals surface area contributed by atoms with Crippen LogP contribution in [0, 0.1) is 0 Å². The van der Waals surface area contributed by atoms with E-state index in [1.807, 2.05) is 19.9 Å². The third kappa shape index (κ3) is 6.72. The van der Waals surface area contributed by atoms with Crippen molar-refractivity contribution in [1.82, 2.24) is 8.87 Å². The average Bonchev–Trinajstić information content (AvgIpc) is 3.43. The summed E-state index contributed by atoms with van der Waals surface area (Å²) in [6.07, 6.45) is 1.74. The number of nitrogens with one attached hydrogen (secondary N) is 1. The van der Waals surface area contributed by atoms with E-state index in [0.29, 0.717) is 29.9 Å². The van der Waals surface area contributed by atoms with Gasteiger partial charge in [-0.3, -0.25) is 10.1 Å². The summed E-state index contributed by atoms with van der Waals surface area (Å²) in [5, 5.41) is 13.0. The minimum absolute atomic E-state index is 0.0146. The van der Waals surface area contributed by atoms with Crippen LogP contribution in [0.15, 0.2) is 53.6 Å². The van der Waals surface area contributed by atoms with Crippen LogP contribution in [0.3, 0.4) is 0 Å². The molecule has 1 atom stereocenters. The maximum atomic E-state index is 13.4. The Hall–Kier alpha value is -3.57. The molecule has 2 aromatic carbocycles. The Bertz CT molecular complexity index is 1470. The highest BCUT2D eigenvalue weighted by Gasteiger charge is 2.34. The van der Waals surface area contributed by atoms with Crippen LogP contribution in [0.25, 0.3) is 10.9 Å². The van der Waals surface area contributed by atoms with Crippen molar-refractivity contribution in [2.45, 2.75) is 70.1 Å². The van der Waals surface area contributed by atoms with Crippen LogP contribution in [-0.2, 0) is 26.1 Å². The zero-order valence-electron chi connectivity index (χ0n) is 22.8. The van der Waals surface area contributed by atoms with Gasteiger partial charge in [0.2, 0.25) is 10.0 Å². The molecule has 0 aliphatic carbocycles. The molecule has 1 aromatic heterocycles. The van der Waals surface area contributed by atoms with Crippen molar-refractivity contribution in [1.29, 1.82) is 0 Å². The number of aliphatic carboxylic acids is 1. The van der Waals surface area contributed by atoms with E-state index in [1.54, 1.807) is 67.9 Å². The number of sulfonamides is 1. The average molecular weight is 558 g/mol. The third-order valence-electron chi connectivity index (χ3n) is 6.29. The van der Waals surface area contributed by atoms with Crippen LogP contribution < -0.4 is 10.1 Å². The lowest BCUT2D eigenvalue weighted by atomic mass is 9.98. The zero-order valence-corrected chi connectivity index (χ0v) is 23.6. The van der Waals surface area contributed by atoms with E-state index < -0.39 is 27.7 Å². The normalized spacial score (nSPS) is 16.5. The SMILES string of the molecule is CC(C)Oc1ccc(S(=O)(=O)N2CCC(c3cn(CC(=O)O)c4cc(NC(=O)OC(C)(C)C)ccc34)C2)cc1. The number of ether oxygens (including phenoxy) is 2. The smallest absolute Gasteiger partial charge is 0.412 e. The van der Waals surface area contributed by atoms with Gasteiger partial charge in [0.05, 0.1) is 16.5 Å². The molecule has 0 saturated carbocycles. The van der Waals surface area contributed by atoms with Gasteiger partial charge in [0.25, 0.3) is 0 Å². The molecule has 1 aliphatic rings. The van der Waals surface area contributed by atoms with Gasteiger partial charge in [-0.25, -0.2) is 13.2 Å². The topological polar surface area (TPSA) is 127 Å². The van der Waals surface area contributed by atoms with Gasteiger partial charge >= 0.3 is 12.1 Å². The van der Waals surface area contributed by atoms with Crippen LogP contribution in [0.4, 0.5) is 10.5 Å². The van der Waals surface area contributed by atoms with E-state index in [2.05, 4.69) is 5.32 Å². The molecule has 39 heavy (non-hydrogen) atoms. The number of carboxylic acids is 1. The number of benzene rings is 2. The van der Waals surface area contributed by atoms with Gasteiger partial charge in [0, 0.05) is 36.3 Å². The lowest BCUT2D eigenvalue weighted by Gasteiger charge is -2.19. The predicted octanol–water partition coefficient (Wildman–Crippen LogP) is 5.04. The standard InChI is InChI=1S/C28H35N3O7S/c1-18(2)37-21-7-9-22(10-8-21)39(35,36)31-13-12-19(15-31)24-16-30(17-26(32)33)25-14-20(6-11-23(24)25)29-27(34)38-28(3,4)5/h6-11,14,16,18-19H,12-13,15,17H2,1-5H3,(H,29,34)(H,32,33). The van der Waals surface area contributed by atoms with Crippen molar-refractivity contribution < 1.29 is 32.6 Å². The lowest BCUT2D eigenvalue weighted by molar-refractivity contribution is -0.137. The lowest BCUT2D eigenvalue weighted by Crippen LogP contribution is -2.28. The maximum Gasteiger partial charge on any atom is 0.412 e. The number of amides is 1. The number of carbonyl (C=O) groups is 2. The zero-order chi connectivity index (χ0) is 28.5. The Morgan fingerprint density at radius 1 is 1.13 bits per heavy atom. The second kappa shape index (κ2) is 10.9. The molecule has 1 amide bonds. The second-order valence-corrected chi connectivity index (χ2v) is 12.9. The number of hydrogen-bond acceptors (Lipinski definition) is 6. The molecule has 3 aromatic rings. The molecule has 0 bridgehead atoms. The molecule has 210 valence electrons. The summed E-state index contributed by atoms with van der Waals surface area (Å²) >= 11 is 0. The number of carbonyl (C=O) groups excluding carboxylic acids is 1. The Morgan fingerprint density at radius 2 is 1.82 bits per heavy atom. The molecule has 4 rings (SSSR count). The Morgan fingerprint density at radius 3 is 2.44 bits per heavy atom. The van der Waals surface area contributed by atoms with Crippen molar-refractivity contribution in [3.05, 3.63) is 54.2 Å². The van der Waals surface area contributed by atoms with E-state index in [0.717, 1.165) is 10.9 Å². The summed E-state index contributed by atoms with van der Waals surface area (Å²) in [5.41, 5.74) is 1.30. The number of aromatic nitrogens is 1. The number of anilines is 1. The highest BCUT2D eigenvalue weighted by molar-refractivity contribution is 7.89. The second-order valence-electron chi connectivity index (χ2n) is 11.0. The van der Waals surface area contributed by atoms with Gasteiger partial charge in [0.1, 0.15) is 17.9 Å². The monoisotopic (exact) mass is 557 g/mol. The Balaban J connectivity index is 1.58. The van der Waals surface area contributed by atoms with Gasteiger partial charge < -0.3 is 19.1 Å². The van der Waals surface area contributed by atoms with Crippen molar-refractivity contribution in [2.75, 3.05) is 18.4 Å². The number of fused-ring (bicyclic) bond motifs is 1. The molecule has 2 heterocycles. The number of rotatable bonds is 8. The molecule has 1 aliphatic heterocycles. The highest BCUT2D eigenvalue weighted by Crippen LogP contribution is 2.37. The van der Waals surface area contributed by atoms with E-state index in [4.69, 9.17) is 9.47 Å². The highest BCUT2D eigenvalue weighted by atomic mass is 32.2. The van der Waals surface area contributed by atoms with Crippen molar-refractivity contribution in [2.24, 2.45) is 0 Å². The molecular formula is C28H35N3O7S. The summed E-state index contributed by atoms with van der Waals surface area (Å²) in [4.78, 5) is 24.0. The van der Waals surface area contributed by atoms with E-state index in [-0.39, 0.29) is 30.0 Å². The molecule has 1 fully saturated rings. The fraction of sp³-hybridized carbons (Fsp3) is 0.429. The van der Waals surface area contributed by atoms with Crippen LogP contribution in [0.2, 0.25) is 0 Å². The van der Waals surface area contributed by atoms with Crippen molar-refractivity contribution in [3.63, 3.8) is 0 Å². The summed E-state index contributed by atoms with van der Waals surface area (Å²) in [5.74, 6) is -0.523. The van der Waals surface area contributed by atoms with Crippen LogP contribution in [0.5, 0.6) is 5.75 Å². The van der Waals surface area contributed by atoms with Crippen LogP contribution in [0.1, 0.15) is 52.5 Å². The molecule has 0 spiro atoms. The van der Waals surface area contributed by atoms with Crippen molar-refractivity contribution in [3.8, 4) is 5.75 Å². The van der Waals surface area contributed by atoms with Gasteiger partial charge in [-0.05, 0) is 83.0 Å². The first-order valence-electron chi connectivity index (χ1n) is 12.8. The third-order valence-corrected chi connectivity index (χ3v) is 8.17. The first-order valence-corrected chi connectivity index (χ1v) is 14.3. The van der Waals surface area contributed by atoms with E-state index >= 15 is 0 Å². The number of carboxylic acid groups (broad SMARTS) is 1. The van der Waals surface area contributed by atoms with Crippen LogP contribution >= 0.6 is 0 Å². The predicted molar refractivity (Wildman–Crippen MR) is 148 cm³/mol. The van der Waals surface area contributed by atoms with E-state index in [1.165, 1.54) is 4.31 Å². The molecule has 11 heteroatoms. The summed E-state index contributed by atoms with van der Waals surface area (Å²) in [7, 11) is -3.71. The Kier molecular flexibility index (Phi) is 7.94. The van der Waals surface area contributed by atoms with Crippen molar-refractivity contribution >= 4 is 38.7 Å². The number of hydrogen-bond donors (Lipinski definition) is 2. The number of nitrogens with zero attached hydrogens (tertiary/aromatic N) is 2. The summed E-state index contributed by atoms with van der Waals surface area (Å²) < 4.78 is 40.7. The minimum atomic E-state index is -3.71. The molecule has 1 unspecified atom stereocenters. The van der Waals surface area contributed by atoms with Gasteiger partial charge in [-0.2, -0.15) is 4.31 Å². The van der Waals surface area contributed by atoms with Gasteiger partial charge in [-0.1, -0.05) is 6.07 Å². The van der Waals surface area contributed by atoms with Gasteiger partial charge in [0.15, 0.2) is 0 Å². The summed E-state index contributed by atoms with van der Waals surface area (Å²) in [6, 6.07) is 11.7. The fourth-order valence-corrected chi connectivity index (χ4v) is 6.23. The van der Waals surface area contributed by atoms with E-state index in [9.17, 15) is 23.1 Å². The fourth-order valence-electron chi connectivity index (χ4n) is 4.73. The molecule has 1 saturated heterocycles. The Labute approximate surface area is 228 Å². The molecule has 2 N–H and O–H groups in total. The molecule has 0 radical (unpaired) electrons. The minimum Gasteiger partial charge on any atom is -0.491 e. The first-order chi connectivity index (χ1) is 18.2. The molecule has 10 nitrogen and oxygen atoms in total. The molecular weight excluding hydrogens is 522 g/mol. The summed E-state index contributed by atoms with van der Waals surface area (Å²) in [6.45, 7) is 9.45.